The number of allylic oxidation sites excluding steroid dienone is 1. The number of carbonyl (C=O) groups excluding carboxylic acids is 6. The number of sulfonamides is 1. The maximum atomic E-state index is 14.8. The molecule has 3 fully saturated rings. The van der Waals surface area contributed by atoms with Crippen LogP contribution in [0.4, 0.5) is 14.0 Å². The van der Waals surface area contributed by atoms with Crippen molar-refractivity contribution in [3.63, 3.8) is 0 Å². The summed E-state index contributed by atoms with van der Waals surface area (Å²) < 4.78 is 53.7. The Labute approximate surface area is 331 Å². The number of rotatable bonds is 7. The van der Waals surface area contributed by atoms with Gasteiger partial charge in [0, 0.05) is 37.5 Å². The number of hydrogen-bond donors (Lipinski definition) is 3. The molecule has 3 heterocycles. The molecule has 5 aliphatic rings. The van der Waals surface area contributed by atoms with E-state index < -0.39 is 98.2 Å². The van der Waals surface area contributed by atoms with Gasteiger partial charge in [0.2, 0.25) is 27.7 Å². The highest BCUT2D eigenvalue weighted by atomic mass is 32.2. The third-order valence-electron chi connectivity index (χ3n) is 11.1. The van der Waals surface area contributed by atoms with E-state index in [1.807, 2.05) is 6.08 Å². The molecular formula is C39H51FN6O10S. The number of nitrogens with zero attached hydrogens (tertiary/aromatic N) is 3. The average Bonchev–Trinajstić information content (AvgIpc) is 4.02. The van der Waals surface area contributed by atoms with Gasteiger partial charge in [-0.25, -0.2) is 22.4 Å². The van der Waals surface area contributed by atoms with E-state index in [4.69, 9.17) is 9.47 Å². The second-order valence-corrected chi connectivity index (χ2v) is 18.5. The molecule has 0 spiro atoms. The number of halogens is 1. The molecule has 6 rings (SSSR count). The van der Waals surface area contributed by atoms with Crippen LogP contribution in [0.5, 0.6) is 0 Å². The number of alkyl carbamates (subject to hydrolysis) is 1. The van der Waals surface area contributed by atoms with Crippen LogP contribution in [0.1, 0.15) is 83.3 Å². The molecule has 0 radical (unpaired) electrons. The summed E-state index contributed by atoms with van der Waals surface area (Å²) in [5.41, 5.74) is -1.61. The van der Waals surface area contributed by atoms with E-state index in [0.717, 1.165) is 6.08 Å². The van der Waals surface area contributed by atoms with Crippen LogP contribution in [0.2, 0.25) is 0 Å². The van der Waals surface area contributed by atoms with Crippen molar-refractivity contribution < 1.29 is 51.0 Å². The zero-order chi connectivity index (χ0) is 41.4. The quantitative estimate of drug-likeness (QED) is 0.272. The van der Waals surface area contributed by atoms with Gasteiger partial charge in [-0.3, -0.25) is 28.8 Å². The van der Waals surface area contributed by atoms with Crippen LogP contribution < -0.4 is 15.4 Å². The van der Waals surface area contributed by atoms with Crippen molar-refractivity contribution in [3.8, 4) is 0 Å². The van der Waals surface area contributed by atoms with Crippen molar-refractivity contribution in [2.45, 2.75) is 126 Å². The van der Waals surface area contributed by atoms with E-state index in [9.17, 15) is 41.6 Å². The van der Waals surface area contributed by atoms with Gasteiger partial charge >= 0.3 is 12.2 Å². The highest BCUT2D eigenvalue weighted by molar-refractivity contribution is 7.91. The van der Waals surface area contributed by atoms with Crippen LogP contribution in [0.15, 0.2) is 43.0 Å². The van der Waals surface area contributed by atoms with Gasteiger partial charge in [-0.1, -0.05) is 30.9 Å². The molecule has 3 N–H and O–H groups in total. The first-order valence-electron chi connectivity index (χ1n) is 19.3. The lowest BCUT2D eigenvalue weighted by atomic mass is 9.98. The van der Waals surface area contributed by atoms with Crippen molar-refractivity contribution in [3.05, 3.63) is 60.0 Å². The molecule has 6 amide bonds. The van der Waals surface area contributed by atoms with Gasteiger partial charge in [0.25, 0.3) is 5.91 Å². The number of hydrogen-bond acceptors (Lipinski definition) is 10. The van der Waals surface area contributed by atoms with Crippen molar-refractivity contribution in [1.29, 1.82) is 0 Å². The topological polar surface area (TPSA) is 201 Å². The molecule has 3 aliphatic heterocycles. The largest absolute Gasteiger partial charge is 0.444 e. The van der Waals surface area contributed by atoms with E-state index in [2.05, 4.69) is 21.9 Å². The second kappa shape index (κ2) is 16.1. The maximum Gasteiger partial charge on any atom is 0.410 e. The van der Waals surface area contributed by atoms with E-state index in [-0.39, 0.29) is 38.9 Å². The normalized spacial score (nSPS) is 27.7. The summed E-state index contributed by atoms with van der Waals surface area (Å²) in [5.74, 6) is -3.88. The van der Waals surface area contributed by atoms with Gasteiger partial charge < -0.3 is 29.9 Å². The minimum absolute atomic E-state index is 0.0450. The Morgan fingerprint density at radius 3 is 2.51 bits per heavy atom. The molecule has 6 atom stereocenters. The van der Waals surface area contributed by atoms with E-state index >= 15 is 0 Å². The van der Waals surface area contributed by atoms with Crippen molar-refractivity contribution >= 4 is 45.8 Å². The summed E-state index contributed by atoms with van der Waals surface area (Å²) in [6.45, 7) is 8.28. The summed E-state index contributed by atoms with van der Waals surface area (Å²) in [4.78, 5) is 86.4. The molecule has 310 valence electrons. The van der Waals surface area contributed by atoms with Crippen LogP contribution in [-0.2, 0) is 51.8 Å². The summed E-state index contributed by atoms with van der Waals surface area (Å²) >= 11 is 0. The molecule has 16 nitrogen and oxygen atoms in total. The highest BCUT2D eigenvalue weighted by Crippen LogP contribution is 2.46. The fraction of sp³-hybridized carbons (Fsp3) is 0.590. The van der Waals surface area contributed by atoms with Gasteiger partial charge in [-0.15, -0.1) is 0 Å². The Bertz CT molecular complexity index is 1970. The Balaban J connectivity index is 1.32. The first kappa shape index (κ1) is 41.6. The predicted molar refractivity (Wildman–Crippen MR) is 203 cm³/mol. The second-order valence-electron chi connectivity index (χ2n) is 16.5. The molecular weight excluding hydrogens is 764 g/mol. The van der Waals surface area contributed by atoms with Gasteiger partial charge in [0.05, 0.1) is 18.3 Å². The number of carbonyl (C=O) groups is 6. The van der Waals surface area contributed by atoms with Gasteiger partial charge in [0.1, 0.15) is 35.1 Å². The van der Waals surface area contributed by atoms with Crippen LogP contribution in [0.25, 0.3) is 0 Å². The molecule has 1 saturated heterocycles. The molecule has 2 aliphatic carbocycles. The minimum Gasteiger partial charge on any atom is -0.444 e. The summed E-state index contributed by atoms with van der Waals surface area (Å²) in [5, 5.41) is 4.71. The Morgan fingerprint density at radius 2 is 1.84 bits per heavy atom. The fourth-order valence-electron chi connectivity index (χ4n) is 7.74. The van der Waals surface area contributed by atoms with Crippen LogP contribution in [0, 0.1) is 11.7 Å². The molecule has 1 aromatic carbocycles. The van der Waals surface area contributed by atoms with Crippen molar-refractivity contribution in [2.75, 3.05) is 13.6 Å². The molecule has 0 aromatic heterocycles. The van der Waals surface area contributed by atoms with Crippen LogP contribution in [-0.4, -0.2) is 113 Å². The minimum atomic E-state index is -3.98. The zero-order valence-electron chi connectivity index (χ0n) is 32.6. The predicted octanol–water partition coefficient (Wildman–Crippen LogP) is 2.77. The van der Waals surface area contributed by atoms with E-state index in [0.29, 0.717) is 43.2 Å². The SMILES string of the molecule is C=CC(=O)N(C)C1CCCC=CC2CC2(C(=O)NS(=O)(=O)C2CC2)NC(=O)C2CC(OC(=O)N3Cc4cccc(F)c4C3)CN2C(=O)C(NC(=O)OC(C)(C)C)C1. The van der Waals surface area contributed by atoms with E-state index in [1.165, 1.54) is 20.8 Å². The number of fused-ring (bicyclic) bond motifs is 3. The van der Waals surface area contributed by atoms with Gasteiger partial charge in [0.15, 0.2) is 0 Å². The van der Waals surface area contributed by atoms with Gasteiger partial charge in [-0.2, -0.15) is 0 Å². The number of ether oxygens (including phenoxy) is 2. The lowest BCUT2D eigenvalue weighted by molar-refractivity contribution is -0.141. The lowest BCUT2D eigenvalue weighted by Gasteiger charge is -2.34. The third-order valence-corrected chi connectivity index (χ3v) is 12.9. The molecule has 1 aromatic rings. The molecule has 0 bridgehead atoms. The van der Waals surface area contributed by atoms with Crippen molar-refractivity contribution in [2.24, 2.45) is 5.92 Å². The molecule has 2 saturated carbocycles. The maximum absolute atomic E-state index is 14.8. The standard InChI is InChI=1S/C39H51FN6O10S/c1-6-32(47)44(5)25-13-9-7-8-12-24-19-39(24,35(50)43-57(53,54)27-15-16-27)42-33(48)31-18-26(55-37(52)45-20-23-11-10-14-29(40)28(23)22-45)21-46(31)34(49)30(17-25)41-36(51)56-38(2,3)4/h6,8,10-12,14,24-27,30-31H,1,7,9,13,15-22H2,2-5H3,(H,41,51)(H,42,48)(H,43,50). The Kier molecular flexibility index (Phi) is 11.8. The molecule has 6 unspecified atom stereocenters. The van der Waals surface area contributed by atoms with Crippen molar-refractivity contribution in [1.82, 2.24) is 30.1 Å². The summed E-state index contributed by atoms with van der Waals surface area (Å²) in [7, 11) is -2.42. The molecule has 18 heteroatoms. The summed E-state index contributed by atoms with van der Waals surface area (Å²) in [6.07, 6.45) is 3.96. The van der Waals surface area contributed by atoms with E-state index in [1.54, 1.807) is 46.0 Å². The Morgan fingerprint density at radius 1 is 1.11 bits per heavy atom. The smallest absolute Gasteiger partial charge is 0.410 e. The average molecular weight is 815 g/mol. The highest BCUT2D eigenvalue weighted by Gasteiger charge is 2.62. The third kappa shape index (κ3) is 9.42. The van der Waals surface area contributed by atoms with Crippen LogP contribution in [0.3, 0.4) is 0 Å². The zero-order valence-corrected chi connectivity index (χ0v) is 33.4. The first-order valence-corrected chi connectivity index (χ1v) is 20.8. The lowest BCUT2D eigenvalue weighted by Crippen LogP contribution is -2.59. The number of benzene rings is 1. The first-order chi connectivity index (χ1) is 26.8. The fourth-order valence-corrected chi connectivity index (χ4v) is 9.10. The number of nitrogens with one attached hydrogen (secondary N) is 3. The Hall–Kier alpha value is -5.00. The number of likely N-dealkylation sites (N-methyl/N-ethyl adjacent to an activating group) is 1. The summed E-state index contributed by atoms with van der Waals surface area (Å²) in [6, 6.07) is 1.25. The monoisotopic (exact) mass is 814 g/mol. The number of amides is 6. The molecule has 57 heavy (non-hydrogen) atoms. The van der Waals surface area contributed by atoms with Gasteiger partial charge in [-0.05, 0) is 83.4 Å². The van der Waals surface area contributed by atoms with Crippen LogP contribution >= 0.6 is 0 Å².